The number of aromatic nitrogens is 1. The minimum absolute atomic E-state index is 0.463. The summed E-state index contributed by atoms with van der Waals surface area (Å²) in [7, 11) is 0. The molecule has 1 N–H and O–H groups in total. The molecule has 1 aromatic heterocycles. The minimum Gasteiger partial charge on any atom is -0.489 e. The van der Waals surface area contributed by atoms with Gasteiger partial charge >= 0.3 is 0 Å². The molecule has 3 rings (SSSR count). The topological polar surface area (TPSA) is 34.1 Å². The van der Waals surface area contributed by atoms with E-state index in [1.165, 1.54) is 5.56 Å². The molecule has 4 heteroatoms. The second kappa shape index (κ2) is 7.65. The molecule has 116 valence electrons. The number of rotatable bonds is 6. The third kappa shape index (κ3) is 4.47. The van der Waals surface area contributed by atoms with Crippen molar-refractivity contribution in [3.8, 4) is 5.75 Å². The molecule has 0 saturated heterocycles. The van der Waals surface area contributed by atoms with Gasteiger partial charge in [0.05, 0.1) is 0 Å². The fourth-order valence-electron chi connectivity index (χ4n) is 2.14. The zero-order chi connectivity index (χ0) is 15.9. The second-order valence-electron chi connectivity index (χ2n) is 5.09. The molecular formula is C19H17ClN2O. The average Bonchev–Trinajstić information content (AvgIpc) is 2.61. The van der Waals surface area contributed by atoms with Crippen LogP contribution in [0.15, 0.2) is 72.9 Å². The molecule has 0 aliphatic carbocycles. The Hall–Kier alpha value is -2.52. The maximum Gasteiger partial charge on any atom is 0.126 e. The third-order valence-corrected chi connectivity index (χ3v) is 3.78. The first-order valence-corrected chi connectivity index (χ1v) is 7.79. The van der Waals surface area contributed by atoms with Crippen LogP contribution in [0.4, 0.5) is 5.82 Å². The van der Waals surface area contributed by atoms with E-state index < -0.39 is 0 Å². The summed E-state index contributed by atoms with van der Waals surface area (Å²) in [5.74, 6) is 1.69. The Bertz CT molecular complexity index is 745. The van der Waals surface area contributed by atoms with Crippen molar-refractivity contribution in [3.63, 3.8) is 0 Å². The van der Waals surface area contributed by atoms with Crippen LogP contribution in [-0.2, 0) is 13.2 Å². The van der Waals surface area contributed by atoms with Crippen LogP contribution < -0.4 is 10.1 Å². The van der Waals surface area contributed by atoms with Crippen LogP contribution in [0.5, 0.6) is 5.75 Å². The average molecular weight is 325 g/mol. The molecule has 1 heterocycles. The van der Waals surface area contributed by atoms with Crippen molar-refractivity contribution in [1.29, 1.82) is 0 Å². The van der Waals surface area contributed by atoms with Gasteiger partial charge in [0.25, 0.3) is 0 Å². The molecule has 0 spiro atoms. The first kappa shape index (κ1) is 15.4. The highest BCUT2D eigenvalue weighted by molar-refractivity contribution is 6.31. The van der Waals surface area contributed by atoms with Crippen molar-refractivity contribution < 1.29 is 4.74 Å². The summed E-state index contributed by atoms with van der Waals surface area (Å²) in [6.45, 7) is 1.19. The van der Waals surface area contributed by atoms with Crippen molar-refractivity contribution in [2.45, 2.75) is 13.2 Å². The molecule has 23 heavy (non-hydrogen) atoms. The summed E-state index contributed by atoms with van der Waals surface area (Å²) in [5, 5.41) is 4.00. The summed E-state index contributed by atoms with van der Waals surface area (Å²) < 4.78 is 5.77. The molecule has 0 bridgehead atoms. The van der Waals surface area contributed by atoms with Gasteiger partial charge in [-0.1, -0.05) is 48.0 Å². The van der Waals surface area contributed by atoms with Gasteiger partial charge in [0.1, 0.15) is 18.2 Å². The summed E-state index contributed by atoms with van der Waals surface area (Å²) in [4.78, 5) is 4.23. The van der Waals surface area contributed by atoms with Gasteiger partial charge in [0.2, 0.25) is 0 Å². The normalized spacial score (nSPS) is 10.3. The van der Waals surface area contributed by atoms with Crippen molar-refractivity contribution in [3.05, 3.63) is 89.1 Å². The van der Waals surface area contributed by atoms with E-state index >= 15 is 0 Å². The highest BCUT2D eigenvalue weighted by atomic mass is 35.5. The van der Waals surface area contributed by atoms with Crippen LogP contribution in [0.2, 0.25) is 5.02 Å². The summed E-state index contributed by atoms with van der Waals surface area (Å²) in [6, 6.07) is 21.5. The van der Waals surface area contributed by atoms with E-state index in [2.05, 4.69) is 10.3 Å². The Balaban J connectivity index is 1.54. The van der Waals surface area contributed by atoms with Gasteiger partial charge < -0.3 is 10.1 Å². The predicted molar refractivity (Wildman–Crippen MR) is 93.8 cm³/mol. The maximum atomic E-state index is 6.12. The molecule has 0 amide bonds. The lowest BCUT2D eigenvalue weighted by Crippen LogP contribution is -2.01. The number of hydrogen-bond donors (Lipinski definition) is 1. The van der Waals surface area contributed by atoms with Crippen LogP contribution >= 0.6 is 11.6 Å². The van der Waals surface area contributed by atoms with Crippen molar-refractivity contribution >= 4 is 17.4 Å². The lowest BCUT2D eigenvalue weighted by atomic mass is 10.2. The summed E-state index contributed by atoms with van der Waals surface area (Å²) in [5.41, 5.74) is 2.15. The van der Waals surface area contributed by atoms with E-state index in [1.54, 1.807) is 6.20 Å². The number of pyridine rings is 1. The number of benzene rings is 2. The van der Waals surface area contributed by atoms with Crippen LogP contribution in [0, 0.1) is 0 Å². The molecular weight excluding hydrogens is 308 g/mol. The van der Waals surface area contributed by atoms with E-state index in [-0.39, 0.29) is 0 Å². The number of nitrogens with one attached hydrogen (secondary N) is 1. The van der Waals surface area contributed by atoms with Gasteiger partial charge in [-0.15, -0.1) is 0 Å². The molecule has 3 aromatic rings. The monoisotopic (exact) mass is 324 g/mol. The third-order valence-electron chi connectivity index (χ3n) is 3.41. The van der Waals surface area contributed by atoms with Gasteiger partial charge in [-0.2, -0.15) is 0 Å². The quantitative estimate of drug-likeness (QED) is 0.698. The molecule has 0 radical (unpaired) electrons. The predicted octanol–water partition coefficient (Wildman–Crippen LogP) is 4.93. The van der Waals surface area contributed by atoms with Crippen molar-refractivity contribution in [2.24, 2.45) is 0 Å². The SMILES string of the molecule is Clc1ccccc1COc1ccc(CNc2ccccn2)cc1. The summed E-state index contributed by atoms with van der Waals surface area (Å²) in [6.07, 6.45) is 1.77. The first-order chi connectivity index (χ1) is 11.3. The molecule has 2 aromatic carbocycles. The Labute approximate surface area is 140 Å². The number of ether oxygens (including phenoxy) is 1. The Morgan fingerprint density at radius 3 is 2.43 bits per heavy atom. The fourth-order valence-corrected chi connectivity index (χ4v) is 2.33. The van der Waals surface area contributed by atoms with Crippen LogP contribution in [0.3, 0.4) is 0 Å². The minimum atomic E-state index is 0.463. The fraction of sp³-hybridized carbons (Fsp3) is 0.105. The largest absolute Gasteiger partial charge is 0.489 e. The highest BCUT2D eigenvalue weighted by Gasteiger charge is 2.01. The van der Waals surface area contributed by atoms with E-state index in [1.807, 2.05) is 66.7 Å². The van der Waals surface area contributed by atoms with Crippen LogP contribution in [-0.4, -0.2) is 4.98 Å². The number of hydrogen-bond acceptors (Lipinski definition) is 3. The van der Waals surface area contributed by atoms with Crippen LogP contribution in [0.25, 0.3) is 0 Å². The molecule has 0 aliphatic rings. The molecule has 0 unspecified atom stereocenters. The number of halogens is 1. The first-order valence-electron chi connectivity index (χ1n) is 7.41. The summed E-state index contributed by atoms with van der Waals surface area (Å²) >= 11 is 6.12. The van der Waals surface area contributed by atoms with Crippen molar-refractivity contribution in [1.82, 2.24) is 4.98 Å². The smallest absolute Gasteiger partial charge is 0.126 e. The molecule has 0 fully saturated rings. The zero-order valence-electron chi connectivity index (χ0n) is 12.6. The van der Waals surface area contributed by atoms with Gasteiger partial charge in [0, 0.05) is 23.3 Å². The molecule has 3 nitrogen and oxygen atoms in total. The lowest BCUT2D eigenvalue weighted by molar-refractivity contribution is 0.306. The Kier molecular flexibility index (Phi) is 5.12. The van der Waals surface area contributed by atoms with Gasteiger partial charge in [-0.25, -0.2) is 4.98 Å². The second-order valence-corrected chi connectivity index (χ2v) is 5.50. The van der Waals surface area contributed by atoms with Gasteiger partial charge in [-0.3, -0.25) is 0 Å². The molecule has 0 atom stereocenters. The van der Waals surface area contributed by atoms with E-state index in [4.69, 9.17) is 16.3 Å². The molecule has 0 aliphatic heterocycles. The van der Waals surface area contributed by atoms with E-state index in [0.717, 1.165) is 28.7 Å². The molecule has 0 saturated carbocycles. The lowest BCUT2D eigenvalue weighted by Gasteiger charge is -2.09. The van der Waals surface area contributed by atoms with E-state index in [9.17, 15) is 0 Å². The maximum absolute atomic E-state index is 6.12. The van der Waals surface area contributed by atoms with E-state index in [0.29, 0.717) is 6.61 Å². The van der Waals surface area contributed by atoms with Crippen LogP contribution in [0.1, 0.15) is 11.1 Å². The standard InChI is InChI=1S/C19H17ClN2O/c20-18-6-2-1-5-16(18)14-23-17-10-8-15(9-11-17)13-22-19-7-3-4-12-21-19/h1-12H,13-14H2,(H,21,22). The Morgan fingerprint density at radius 1 is 0.913 bits per heavy atom. The van der Waals surface area contributed by atoms with Gasteiger partial charge in [0.15, 0.2) is 0 Å². The highest BCUT2D eigenvalue weighted by Crippen LogP contribution is 2.19. The van der Waals surface area contributed by atoms with Crippen molar-refractivity contribution in [2.75, 3.05) is 5.32 Å². The Morgan fingerprint density at radius 2 is 1.70 bits per heavy atom. The zero-order valence-corrected chi connectivity index (χ0v) is 13.3. The number of anilines is 1. The number of nitrogens with zero attached hydrogens (tertiary/aromatic N) is 1. The van der Waals surface area contributed by atoms with Gasteiger partial charge in [-0.05, 0) is 35.9 Å².